The van der Waals surface area contributed by atoms with Crippen LogP contribution in [0.4, 0.5) is 5.69 Å². The number of thioether (sulfide) groups is 1. The van der Waals surface area contributed by atoms with Crippen LogP contribution in [0.2, 0.25) is 0 Å². The maximum absolute atomic E-state index is 12.9. The normalized spacial score (nSPS) is 15.5. The zero-order valence-corrected chi connectivity index (χ0v) is 16.1. The lowest BCUT2D eigenvalue weighted by Gasteiger charge is -2.17. The second kappa shape index (κ2) is 7.80. The molecule has 1 fully saturated rings. The van der Waals surface area contributed by atoms with Crippen molar-refractivity contribution in [3.8, 4) is 17.2 Å². The lowest BCUT2D eigenvalue weighted by molar-refractivity contribution is -0.113. The number of nitrogens with zero attached hydrogens (tertiary/aromatic N) is 1. The number of carbonyl (C=O) groups is 1. The summed E-state index contributed by atoms with van der Waals surface area (Å²) < 4.78 is 16.4. The Hall–Kier alpha value is -2.51. The molecule has 0 radical (unpaired) electrons. The van der Waals surface area contributed by atoms with Crippen molar-refractivity contribution in [1.29, 1.82) is 0 Å². The number of ether oxygens (including phenoxy) is 3. The monoisotopic (exact) mass is 387 g/mol. The van der Waals surface area contributed by atoms with Crippen LogP contribution < -0.4 is 19.1 Å². The Morgan fingerprint density at radius 3 is 2.35 bits per heavy atom. The standard InChI is InChI=1S/C19H17NO4S2/c1-22-14-7-5-4-6-13(14)20-18(21)17(26-19(20)25)11-12-8-9-15(23-2)16(10-12)24-3/h4-11H,1-3H3/b17-11-. The van der Waals surface area contributed by atoms with Crippen LogP contribution in [0.5, 0.6) is 17.2 Å². The van der Waals surface area contributed by atoms with Gasteiger partial charge in [0.25, 0.3) is 5.91 Å². The number of anilines is 1. The molecule has 1 aliphatic heterocycles. The van der Waals surface area contributed by atoms with Crippen LogP contribution in [0.3, 0.4) is 0 Å². The molecule has 2 aromatic carbocycles. The van der Waals surface area contributed by atoms with Crippen LogP contribution in [0, 0.1) is 0 Å². The third-order valence-electron chi connectivity index (χ3n) is 3.83. The lowest BCUT2D eigenvalue weighted by atomic mass is 10.2. The van der Waals surface area contributed by atoms with Crippen LogP contribution in [0.1, 0.15) is 5.56 Å². The summed E-state index contributed by atoms with van der Waals surface area (Å²) in [5.74, 6) is 1.64. The van der Waals surface area contributed by atoms with Gasteiger partial charge in [0, 0.05) is 0 Å². The highest BCUT2D eigenvalue weighted by Crippen LogP contribution is 2.40. The number of thiocarbonyl (C=S) groups is 1. The molecule has 26 heavy (non-hydrogen) atoms. The molecule has 0 atom stereocenters. The van der Waals surface area contributed by atoms with Gasteiger partial charge in [0.2, 0.25) is 0 Å². The molecule has 0 spiro atoms. The molecule has 0 aliphatic carbocycles. The molecule has 1 heterocycles. The van der Waals surface area contributed by atoms with Crippen LogP contribution in [-0.2, 0) is 4.79 Å². The van der Waals surface area contributed by atoms with E-state index in [1.807, 2.05) is 30.3 Å². The van der Waals surface area contributed by atoms with Gasteiger partial charge in [-0.25, -0.2) is 0 Å². The molecule has 0 unspecified atom stereocenters. The highest BCUT2D eigenvalue weighted by Gasteiger charge is 2.34. The largest absolute Gasteiger partial charge is 0.495 e. The second-order valence-corrected chi connectivity index (χ2v) is 6.98. The topological polar surface area (TPSA) is 48.0 Å². The third-order valence-corrected chi connectivity index (χ3v) is 5.13. The molecule has 2 aromatic rings. The van der Waals surface area contributed by atoms with Gasteiger partial charge in [-0.15, -0.1) is 0 Å². The summed E-state index contributed by atoms with van der Waals surface area (Å²) in [7, 11) is 4.72. The Morgan fingerprint density at radius 1 is 0.962 bits per heavy atom. The highest BCUT2D eigenvalue weighted by atomic mass is 32.2. The second-order valence-electron chi connectivity index (χ2n) is 5.30. The average molecular weight is 387 g/mol. The first-order valence-corrected chi connectivity index (χ1v) is 8.94. The Kier molecular flexibility index (Phi) is 5.49. The number of hydrogen-bond donors (Lipinski definition) is 0. The average Bonchev–Trinajstić information content (AvgIpc) is 2.94. The van der Waals surface area contributed by atoms with Gasteiger partial charge in [-0.05, 0) is 35.9 Å². The summed E-state index contributed by atoms with van der Waals surface area (Å²) >= 11 is 6.67. The molecule has 134 valence electrons. The molecule has 1 saturated heterocycles. The number of rotatable bonds is 5. The molecule has 5 nitrogen and oxygen atoms in total. The van der Waals surface area contributed by atoms with Gasteiger partial charge in [0.15, 0.2) is 15.8 Å². The maximum Gasteiger partial charge on any atom is 0.270 e. The Balaban J connectivity index is 1.95. The summed E-state index contributed by atoms with van der Waals surface area (Å²) in [6, 6.07) is 12.8. The maximum atomic E-state index is 12.9. The van der Waals surface area contributed by atoms with Crippen LogP contribution in [0.25, 0.3) is 6.08 Å². The smallest absolute Gasteiger partial charge is 0.270 e. The molecule has 1 amide bonds. The molecule has 0 saturated carbocycles. The van der Waals surface area contributed by atoms with Crippen molar-refractivity contribution < 1.29 is 19.0 Å². The van der Waals surface area contributed by atoms with Crippen molar-refractivity contribution in [2.45, 2.75) is 0 Å². The minimum Gasteiger partial charge on any atom is -0.495 e. The highest BCUT2D eigenvalue weighted by molar-refractivity contribution is 8.27. The zero-order valence-electron chi connectivity index (χ0n) is 14.5. The predicted molar refractivity (Wildman–Crippen MR) is 108 cm³/mol. The first-order valence-electron chi connectivity index (χ1n) is 7.72. The predicted octanol–water partition coefficient (Wildman–Crippen LogP) is 4.12. The van der Waals surface area contributed by atoms with E-state index in [0.29, 0.717) is 32.2 Å². The van der Waals surface area contributed by atoms with Crippen LogP contribution in [-0.4, -0.2) is 31.6 Å². The van der Waals surface area contributed by atoms with Crippen molar-refractivity contribution in [1.82, 2.24) is 0 Å². The Labute approximate surface area is 161 Å². The number of hydrogen-bond acceptors (Lipinski definition) is 6. The molecule has 1 aliphatic rings. The molecule has 0 aromatic heterocycles. The quantitative estimate of drug-likeness (QED) is 0.568. The van der Waals surface area contributed by atoms with Gasteiger partial charge in [-0.2, -0.15) is 0 Å². The fraction of sp³-hybridized carbons (Fsp3) is 0.158. The number of amides is 1. The van der Waals surface area contributed by atoms with Gasteiger partial charge < -0.3 is 14.2 Å². The molecule has 3 rings (SSSR count). The van der Waals surface area contributed by atoms with Gasteiger partial charge in [-0.1, -0.05) is 42.2 Å². The van der Waals surface area contributed by atoms with E-state index in [-0.39, 0.29) is 5.91 Å². The van der Waals surface area contributed by atoms with Gasteiger partial charge >= 0.3 is 0 Å². The Bertz CT molecular complexity index is 895. The van der Waals surface area contributed by atoms with E-state index in [4.69, 9.17) is 26.4 Å². The van der Waals surface area contributed by atoms with Crippen molar-refractivity contribution in [3.05, 3.63) is 52.9 Å². The summed E-state index contributed by atoms with van der Waals surface area (Å²) in [5.41, 5.74) is 1.45. The van der Waals surface area contributed by atoms with Crippen LogP contribution in [0.15, 0.2) is 47.4 Å². The SMILES string of the molecule is COc1ccc(/C=C2\SC(=S)N(c3ccccc3OC)C2=O)cc1OC. The molecule has 7 heteroatoms. The van der Waals surface area contributed by atoms with E-state index in [1.165, 1.54) is 16.7 Å². The molecule has 0 bridgehead atoms. The first kappa shape index (κ1) is 18.3. The summed E-state index contributed by atoms with van der Waals surface area (Å²) in [6.45, 7) is 0. The van der Waals surface area contributed by atoms with E-state index in [1.54, 1.807) is 39.5 Å². The minimum absolute atomic E-state index is 0.181. The summed E-state index contributed by atoms with van der Waals surface area (Å²) in [4.78, 5) is 14.9. The van der Waals surface area contributed by atoms with Crippen molar-refractivity contribution >= 4 is 46.0 Å². The minimum atomic E-state index is -0.181. The number of benzene rings is 2. The first-order chi connectivity index (χ1) is 12.6. The van der Waals surface area contributed by atoms with E-state index >= 15 is 0 Å². The Morgan fingerprint density at radius 2 is 1.65 bits per heavy atom. The fourth-order valence-corrected chi connectivity index (χ4v) is 3.87. The lowest BCUT2D eigenvalue weighted by Crippen LogP contribution is -2.27. The fourth-order valence-electron chi connectivity index (χ4n) is 2.58. The zero-order chi connectivity index (χ0) is 18.7. The van der Waals surface area contributed by atoms with Gasteiger partial charge in [0.05, 0.1) is 31.9 Å². The van der Waals surface area contributed by atoms with Gasteiger partial charge in [-0.3, -0.25) is 9.69 Å². The number of carbonyl (C=O) groups excluding carboxylic acids is 1. The van der Waals surface area contributed by atoms with E-state index in [9.17, 15) is 4.79 Å². The van der Waals surface area contributed by atoms with Crippen molar-refractivity contribution in [2.75, 3.05) is 26.2 Å². The summed E-state index contributed by atoms with van der Waals surface area (Å²) in [5, 5.41) is 0. The molecular weight excluding hydrogens is 370 g/mol. The number of para-hydroxylation sites is 2. The van der Waals surface area contributed by atoms with Crippen molar-refractivity contribution in [2.24, 2.45) is 0 Å². The van der Waals surface area contributed by atoms with E-state index < -0.39 is 0 Å². The molecular formula is C19H17NO4S2. The van der Waals surface area contributed by atoms with Gasteiger partial charge in [0.1, 0.15) is 5.75 Å². The number of methoxy groups -OCH3 is 3. The summed E-state index contributed by atoms with van der Waals surface area (Å²) in [6.07, 6.45) is 1.79. The third kappa shape index (κ3) is 3.40. The van der Waals surface area contributed by atoms with E-state index in [0.717, 1.165) is 5.56 Å². The van der Waals surface area contributed by atoms with Crippen molar-refractivity contribution in [3.63, 3.8) is 0 Å². The van der Waals surface area contributed by atoms with Crippen LogP contribution >= 0.6 is 24.0 Å². The van der Waals surface area contributed by atoms with E-state index in [2.05, 4.69) is 0 Å². The molecule has 0 N–H and O–H groups in total.